The van der Waals surface area contributed by atoms with Gasteiger partial charge in [-0.3, -0.25) is 19.2 Å². The zero-order valence-corrected chi connectivity index (χ0v) is 19.6. The zero-order chi connectivity index (χ0) is 25.2. The fourth-order valence-corrected chi connectivity index (χ4v) is 3.08. The van der Waals surface area contributed by atoms with E-state index in [9.17, 15) is 19.2 Å². The number of para-hydroxylation sites is 1. The average Bonchev–Trinajstić information content (AvgIpc) is 2.84. The lowest BCUT2D eigenvalue weighted by Gasteiger charge is -2.09. The molecule has 0 aliphatic heterocycles. The second-order valence-corrected chi connectivity index (χ2v) is 7.85. The minimum absolute atomic E-state index is 0.0831. The third-order valence-electron chi connectivity index (χ3n) is 4.70. The maximum atomic E-state index is 12.1. The predicted octanol–water partition coefficient (Wildman–Crippen LogP) is 5.24. The fraction of sp³-hybridized carbons (Fsp3) is 0.154. The van der Waals surface area contributed by atoms with E-state index in [2.05, 4.69) is 10.6 Å². The van der Waals surface area contributed by atoms with Crippen LogP contribution in [0.25, 0.3) is 0 Å². The van der Waals surface area contributed by atoms with Crippen molar-refractivity contribution in [2.75, 3.05) is 17.2 Å². The van der Waals surface area contributed by atoms with Crippen LogP contribution in [0.2, 0.25) is 5.02 Å². The summed E-state index contributed by atoms with van der Waals surface area (Å²) in [5.41, 5.74) is 1.53. The van der Waals surface area contributed by atoms with Gasteiger partial charge >= 0.3 is 5.97 Å². The van der Waals surface area contributed by atoms with Crippen LogP contribution in [0, 0.1) is 0 Å². The van der Waals surface area contributed by atoms with Crippen molar-refractivity contribution >= 4 is 46.5 Å². The summed E-state index contributed by atoms with van der Waals surface area (Å²) in [4.78, 5) is 47.2. The minimum Gasteiger partial charge on any atom is -0.456 e. The van der Waals surface area contributed by atoms with E-state index >= 15 is 0 Å². The van der Waals surface area contributed by atoms with Crippen molar-refractivity contribution in [3.8, 4) is 11.5 Å². The molecule has 3 aromatic carbocycles. The van der Waals surface area contributed by atoms with Gasteiger partial charge in [0.25, 0.3) is 5.91 Å². The summed E-state index contributed by atoms with van der Waals surface area (Å²) < 4.78 is 10.6. The highest BCUT2D eigenvalue weighted by Crippen LogP contribution is 2.29. The number of ether oxygens (including phenoxy) is 2. The molecule has 0 saturated carbocycles. The molecule has 0 atom stereocenters. The minimum atomic E-state index is -0.675. The van der Waals surface area contributed by atoms with Gasteiger partial charge in [0.15, 0.2) is 12.4 Å². The molecule has 3 rings (SSSR count). The number of esters is 1. The SMILES string of the molecule is CC(=O)c1ccc(NC(=O)COC(=O)CCC(=O)Nc2ccc(Oc3ccccc3Cl)cc2)cc1. The Kier molecular flexibility index (Phi) is 8.97. The van der Waals surface area contributed by atoms with E-state index in [1.54, 1.807) is 66.7 Å². The van der Waals surface area contributed by atoms with Crippen molar-refractivity contribution in [2.45, 2.75) is 19.8 Å². The van der Waals surface area contributed by atoms with E-state index in [1.807, 2.05) is 6.07 Å². The van der Waals surface area contributed by atoms with Crippen molar-refractivity contribution in [3.63, 3.8) is 0 Å². The molecule has 0 spiro atoms. The molecule has 0 radical (unpaired) electrons. The van der Waals surface area contributed by atoms with Gasteiger partial charge in [-0.25, -0.2) is 0 Å². The van der Waals surface area contributed by atoms with Crippen LogP contribution in [0.4, 0.5) is 11.4 Å². The Morgan fingerprint density at radius 2 is 1.37 bits per heavy atom. The molecule has 180 valence electrons. The van der Waals surface area contributed by atoms with Gasteiger partial charge in [0.2, 0.25) is 5.91 Å². The molecule has 9 heteroatoms. The first-order valence-corrected chi connectivity index (χ1v) is 11.1. The summed E-state index contributed by atoms with van der Waals surface area (Å²) in [7, 11) is 0. The number of hydrogen-bond donors (Lipinski definition) is 2. The van der Waals surface area contributed by atoms with Gasteiger partial charge in [-0.1, -0.05) is 23.7 Å². The summed E-state index contributed by atoms with van der Waals surface area (Å²) in [6, 6.07) is 20.1. The molecule has 0 bridgehead atoms. The number of hydrogen-bond acceptors (Lipinski definition) is 6. The first-order valence-electron chi connectivity index (χ1n) is 10.7. The molecule has 0 fully saturated rings. The van der Waals surface area contributed by atoms with Crippen LogP contribution >= 0.6 is 11.6 Å². The van der Waals surface area contributed by atoms with Crippen LogP contribution < -0.4 is 15.4 Å². The van der Waals surface area contributed by atoms with Crippen molar-refractivity contribution in [1.29, 1.82) is 0 Å². The highest BCUT2D eigenvalue weighted by atomic mass is 35.5. The normalized spacial score (nSPS) is 10.2. The Hall–Kier alpha value is -4.17. The van der Waals surface area contributed by atoms with Gasteiger partial charge in [-0.2, -0.15) is 0 Å². The number of anilines is 2. The zero-order valence-electron chi connectivity index (χ0n) is 18.9. The molecule has 0 aromatic heterocycles. The number of halogens is 1. The van der Waals surface area contributed by atoms with Crippen molar-refractivity contribution in [1.82, 2.24) is 0 Å². The van der Waals surface area contributed by atoms with Gasteiger partial charge in [0.05, 0.1) is 11.4 Å². The molecule has 8 nitrogen and oxygen atoms in total. The maximum absolute atomic E-state index is 12.1. The largest absolute Gasteiger partial charge is 0.456 e. The summed E-state index contributed by atoms with van der Waals surface area (Å²) in [6.45, 7) is 0.962. The first-order chi connectivity index (χ1) is 16.8. The van der Waals surface area contributed by atoms with E-state index in [1.165, 1.54) is 6.92 Å². The van der Waals surface area contributed by atoms with E-state index in [0.717, 1.165) is 0 Å². The van der Waals surface area contributed by atoms with Crippen molar-refractivity contribution in [3.05, 3.63) is 83.4 Å². The van der Waals surface area contributed by atoms with Crippen LogP contribution in [0.3, 0.4) is 0 Å². The number of benzene rings is 3. The molecular formula is C26H23ClN2O6. The van der Waals surface area contributed by atoms with Gasteiger partial charge in [-0.15, -0.1) is 0 Å². The lowest BCUT2D eigenvalue weighted by molar-refractivity contribution is -0.147. The molecule has 2 N–H and O–H groups in total. The molecular weight excluding hydrogens is 472 g/mol. The molecule has 2 amide bonds. The van der Waals surface area contributed by atoms with Crippen molar-refractivity contribution in [2.24, 2.45) is 0 Å². The number of amides is 2. The second kappa shape index (κ2) is 12.3. The van der Waals surface area contributed by atoms with Crippen LogP contribution in [-0.2, 0) is 19.1 Å². The summed E-state index contributed by atoms with van der Waals surface area (Å²) in [6.07, 6.45) is -0.287. The lowest BCUT2D eigenvalue weighted by Crippen LogP contribution is -2.21. The lowest BCUT2D eigenvalue weighted by atomic mass is 10.1. The molecule has 0 aliphatic carbocycles. The highest BCUT2D eigenvalue weighted by Gasteiger charge is 2.12. The molecule has 0 heterocycles. The Morgan fingerprint density at radius 3 is 2.00 bits per heavy atom. The van der Waals surface area contributed by atoms with Gasteiger partial charge in [0.1, 0.15) is 11.5 Å². The Morgan fingerprint density at radius 1 is 0.771 bits per heavy atom. The average molecular weight is 495 g/mol. The smallest absolute Gasteiger partial charge is 0.306 e. The highest BCUT2D eigenvalue weighted by molar-refractivity contribution is 6.32. The monoisotopic (exact) mass is 494 g/mol. The topological polar surface area (TPSA) is 111 Å². The Labute approximate surface area is 207 Å². The third-order valence-corrected chi connectivity index (χ3v) is 5.01. The van der Waals surface area contributed by atoms with E-state index in [4.69, 9.17) is 21.1 Å². The molecule has 35 heavy (non-hydrogen) atoms. The molecule has 3 aromatic rings. The number of carbonyl (C=O) groups is 4. The number of Topliss-reactive ketones (excluding diaryl/α,β-unsaturated/α-hetero) is 1. The number of carbonyl (C=O) groups excluding carboxylic acids is 4. The Bertz CT molecular complexity index is 1210. The summed E-state index contributed by atoms with van der Waals surface area (Å²) in [5.74, 6) is -0.600. The maximum Gasteiger partial charge on any atom is 0.306 e. The third kappa shape index (κ3) is 8.28. The first kappa shape index (κ1) is 25.5. The number of nitrogens with one attached hydrogen (secondary N) is 2. The fourth-order valence-electron chi connectivity index (χ4n) is 2.90. The van der Waals surface area contributed by atoms with Crippen LogP contribution in [0.1, 0.15) is 30.1 Å². The molecule has 0 unspecified atom stereocenters. The standard InChI is InChI=1S/C26H23ClN2O6/c1-17(30)18-6-8-19(9-7-18)29-25(32)16-34-26(33)15-14-24(31)28-20-10-12-21(13-11-20)35-23-5-3-2-4-22(23)27/h2-13H,14-16H2,1H3,(H,28,31)(H,29,32). The van der Waals surface area contributed by atoms with E-state index in [0.29, 0.717) is 33.5 Å². The van der Waals surface area contributed by atoms with Crippen LogP contribution in [0.15, 0.2) is 72.8 Å². The van der Waals surface area contributed by atoms with Gasteiger partial charge in [0, 0.05) is 23.4 Å². The number of ketones is 1. The Balaban J connectivity index is 1.36. The summed E-state index contributed by atoms with van der Waals surface area (Å²) >= 11 is 6.07. The van der Waals surface area contributed by atoms with Crippen molar-refractivity contribution < 1.29 is 28.7 Å². The van der Waals surface area contributed by atoms with Crippen LogP contribution in [0.5, 0.6) is 11.5 Å². The van der Waals surface area contributed by atoms with Gasteiger partial charge in [-0.05, 0) is 67.6 Å². The predicted molar refractivity (Wildman–Crippen MR) is 132 cm³/mol. The number of rotatable bonds is 10. The summed E-state index contributed by atoms with van der Waals surface area (Å²) in [5, 5.41) is 5.72. The molecule has 0 aliphatic rings. The second-order valence-electron chi connectivity index (χ2n) is 7.45. The van der Waals surface area contributed by atoms with E-state index in [-0.39, 0.29) is 24.5 Å². The quantitative estimate of drug-likeness (QED) is 0.295. The molecule has 0 saturated heterocycles. The van der Waals surface area contributed by atoms with E-state index < -0.39 is 18.5 Å². The van der Waals surface area contributed by atoms with Gasteiger partial charge < -0.3 is 20.1 Å². The van der Waals surface area contributed by atoms with Crippen LogP contribution in [-0.4, -0.2) is 30.2 Å².